The summed E-state index contributed by atoms with van der Waals surface area (Å²) in [6.45, 7) is 0. The average Bonchev–Trinajstić information content (AvgIpc) is 2.73. The van der Waals surface area contributed by atoms with Crippen LogP contribution in [0.3, 0.4) is 0 Å². The molecule has 0 aliphatic heterocycles. The minimum Gasteiger partial charge on any atom is -0.497 e. The number of methoxy groups -OCH3 is 4. The Hall–Kier alpha value is -2.56. The molecule has 1 aliphatic carbocycles. The van der Waals surface area contributed by atoms with Crippen LogP contribution in [0.15, 0.2) is 60.7 Å². The summed E-state index contributed by atoms with van der Waals surface area (Å²) < 4.78 is 22.4. The normalized spacial score (nSPS) is 15.5. The van der Waals surface area contributed by atoms with E-state index in [4.69, 9.17) is 18.9 Å². The second-order valence-electron chi connectivity index (χ2n) is 6.02. The van der Waals surface area contributed by atoms with Crippen LogP contribution in [0.2, 0.25) is 0 Å². The summed E-state index contributed by atoms with van der Waals surface area (Å²) in [4.78, 5) is 0. The van der Waals surface area contributed by atoms with Crippen LogP contribution < -0.4 is 9.47 Å². The number of hydrogen-bond donors (Lipinski definition) is 0. The van der Waals surface area contributed by atoms with Crippen molar-refractivity contribution in [2.24, 2.45) is 0 Å². The van der Waals surface area contributed by atoms with Gasteiger partial charge in [-0.15, -0.1) is 0 Å². The number of hydrogen-bond acceptors (Lipinski definition) is 4. The predicted molar refractivity (Wildman–Crippen MR) is 103 cm³/mol. The summed E-state index contributed by atoms with van der Waals surface area (Å²) in [6, 6.07) is 14.1. The summed E-state index contributed by atoms with van der Waals surface area (Å²) in [5.74, 6) is 0.696. The van der Waals surface area contributed by atoms with Gasteiger partial charge in [0.05, 0.1) is 14.2 Å². The molecule has 0 heterocycles. The molecule has 0 unspecified atom stereocenters. The minimum atomic E-state index is -0.798. The van der Waals surface area contributed by atoms with E-state index in [1.165, 1.54) is 0 Å². The zero-order chi connectivity index (χ0) is 18.6. The molecule has 2 aromatic carbocycles. The Morgan fingerprint density at radius 3 is 2.00 bits per heavy atom. The first-order valence-electron chi connectivity index (χ1n) is 8.48. The summed E-state index contributed by atoms with van der Waals surface area (Å²) in [5, 5.41) is 0. The molecule has 26 heavy (non-hydrogen) atoms. The molecule has 1 aliphatic rings. The lowest BCUT2D eigenvalue weighted by Gasteiger charge is -2.35. The van der Waals surface area contributed by atoms with Gasteiger partial charge < -0.3 is 18.9 Å². The number of benzene rings is 2. The van der Waals surface area contributed by atoms with Crippen LogP contribution in [0.5, 0.6) is 11.5 Å². The first-order valence-corrected chi connectivity index (χ1v) is 8.48. The van der Waals surface area contributed by atoms with Crippen molar-refractivity contribution in [3.8, 4) is 22.6 Å². The largest absolute Gasteiger partial charge is 0.497 e. The molecule has 136 valence electrons. The molecule has 4 heteroatoms. The van der Waals surface area contributed by atoms with E-state index in [2.05, 4.69) is 12.1 Å². The van der Waals surface area contributed by atoms with Crippen LogP contribution in [0, 0.1) is 0 Å². The molecule has 3 rings (SSSR count). The van der Waals surface area contributed by atoms with Crippen molar-refractivity contribution in [1.29, 1.82) is 0 Å². The third-order valence-corrected chi connectivity index (χ3v) is 4.74. The fourth-order valence-corrected chi connectivity index (χ4v) is 3.32. The van der Waals surface area contributed by atoms with Crippen molar-refractivity contribution in [1.82, 2.24) is 0 Å². The third kappa shape index (κ3) is 3.26. The van der Waals surface area contributed by atoms with Gasteiger partial charge in [-0.1, -0.05) is 42.5 Å². The van der Waals surface area contributed by atoms with Gasteiger partial charge in [0.2, 0.25) is 0 Å². The summed E-state index contributed by atoms with van der Waals surface area (Å²) in [5.41, 5.74) is 4.11. The Morgan fingerprint density at radius 1 is 0.808 bits per heavy atom. The Bertz CT molecular complexity index is 810. The van der Waals surface area contributed by atoms with E-state index in [1.54, 1.807) is 28.4 Å². The molecule has 4 nitrogen and oxygen atoms in total. The van der Waals surface area contributed by atoms with Gasteiger partial charge in [0, 0.05) is 32.3 Å². The molecule has 0 fully saturated rings. The highest BCUT2D eigenvalue weighted by molar-refractivity contribution is 5.86. The molecule has 0 saturated carbocycles. The molecule has 0 spiro atoms. The predicted octanol–water partition coefficient (Wildman–Crippen LogP) is 4.70. The Balaban J connectivity index is 2.19. The monoisotopic (exact) mass is 352 g/mol. The van der Waals surface area contributed by atoms with E-state index in [9.17, 15) is 0 Å². The van der Waals surface area contributed by atoms with Crippen LogP contribution in [0.25, 0.3) is 16.7 Å². The van der Waals surface area contributed by atoms with Gasteiger partial charge in [0.25, 0.3) is 0 Å². The molecule has 0 aromatic heterocycles. The fourth-order valence-electron chi connectivity index (χ4n) is 3.32. The Labute approximate surface area is 154 Å². The average molecular weight is 352 g/mol. The SMILES string of the molecule is COc1cc(OC)cc(-c2ccccc2C2=CC=CCC2(OC)OC)c1. The number of ether oxygens (including phenoxy) is 4. The summed E-state index contributed by atoms with van der Waals surface area (Å²) in [6.07, 6.45) is 6.79. The maximum Gasteiger partial charge on any atom is 0.198 e. The van der Waals surface area contributed by atoms with Crippen LogP contribution in [-0.2, 0) is 9.47 Å². The molecular weight excluding hydrogens is 328 g/mol. The first kappa shape index (κ1) is 18.2. The van der Waals surface area contributed by atoms with E-state index in [0.717, 1.165) is 33.8 Å². The summed E-state index contributed by atoms with van der Waals surface area (Å²) >= 11 is 0. The van der Waals surface area contributed by atoms with Gasteiger partial charge in [-0.05, 0) is 28.8 Å². The van der Waals surface area contributed by atoms with E-state index >= 15 is 0 Å². The number of allylic oxidation sites excluding steroid dienone is 2. The van der Waals surface area contributed by atoms with Crippen LogP contribution in [-0.4, -0.2) is 34.2 Å². The second-order valence-corrected chi connectivity index (χ2v) is 6.02. The molecule has 2 aromatic rings. The number of rotatable bonds is 6. The quantitative estimate of drug-likeness (QED) is 0.706. The van der Waals surface area contributed by atoms with Crippen molar-refractivity contribution in [3.05, 3.63) is 66.3 Å². The van der Waals surface area contributed by atoms with E-state index in [-0.39, 0.29) is 0 Å². The van der Waals surface area contributed by atoms with Gasteiger partial charge in [-0.25, -0.2) is 0 Å². The van der Waals surface area contributed by atoms with Gasteiger partial charge in [0.1, 0.15) is 11.5 Å². The van der Waals surface area contributed by atoms with E-state index < -0.39 is 5.79 Å². The standard InChI is InChI=1S/C22H24O4/c1-23-17-13-16(14-18(15-17)24-2)19-9-5-6-10-20(19)21-11-7-8-12-22(21,25-3)26-4/h5-11,13-15H,12H2,1-4H3. The van der Waals surface area contributed by atoms with Crippen molar-refractivity contribution in [2.45, 2.75) is 12.2 Å². The lowest BCUT2D eigenvalue weighted by atomic mass is 9.86. The Kier molecular flexibility index (Phi) is 5.45. The first-order chi connectivity index (χ1) is 12.7. The highest BCUT2D eigenvalue weighted by Gasteiger charge is 2.36. The van der Waals surface area contributed by atoms with Gasteiger partial charge >= 0.3 is 0 Å². The van der Waals surface area contributed by atoms with Crippen molar-refractivity contribution in [3.63, 3.8) is 0 Å². The molecule has 0 bridgehead atoms. The minimum absolute atomic E-state index is 0.654. The maximum atomic E-state index is 5.78. The van der Waals surface area contributed by atoms with E-state index in [0.29, 0.717) is 6.42 Å². The fraction of sp³-hybridized carbons (Fsp3) is 0.273. The second kappa shape index (κ2) is 7.77. The summed E-state index contributed by atoms with van der Waals surface area (Å²) in [7, 11) is 6.65. The van der Waals surface area contributed by atoms with Crippen LogP contribution in [0.1, 0.15) is 12.0 Å². The van der Waals surface area contributed by atoms with Crippen LogP contribution >= 0.6 is 0 Å². The van der Waals surface area contributed by atoms with Gasteiger partial charge in [0.15, 0.2) is 5.79 Å². The lowest BCUT2D eigenvalue weighted by Crippen LogP contribution is -2.36. The van der Waals surface area contributed by atoms with Gasteiger partial charge in [-0.3, -0.25) is 0 Å². The van der Waals surface area contributed by atoms with Crippen molar-refractivity contribution < 1.29 is 18.9 Å². The topological polar surface area (TPSA) is 36.9 Å². The van der Waals surface area contributed by atoms with E-state index in [1.807, 2.05) is 48.6 Å². The maximum absolute atomic E-state index is 5.78. The lowest BCUT2D eigenvalue weighted by molar-refractivity contribution is -0.159. The Morgan fingerprint density at radius 2 is 1.42 bits per heavy atom. The molecule has 0 radical (unpaired) electrons. The molecule has 0 saturated heterocycles. The highest BCUT2D eigenvalue weighted by Crippen LogP contribution is 2.42. The van der Waals surface area contributed by atoms with Crippen molar-refractivity contribution in [2.75, 3.05) is 28.4 Å². The molecular formula is C22H24O4. The zero-order valence-electron chi connectivity index (χ0n) is 15.6. The molecule has 0 N–H and O–H groups in total. The molecule has 0 amide bonds. The zero-order valence-corrected chi connectivity index (χ0v) is 15.6. The van der Waals surface area contributed by atoms with Gasteiger partial charge in [-0.2, -0.15) is 0 Å². The highest BCUT2D eigenvalue weighted by atomic mass is 16.7. The smallest absolute Gasteiger partial charge is 0.198 e. The van der Waals surface area contributed by atoms with Crippen LogP contribution in [0.4, 0.5) is 0 Å². The van der Waals surface area contributed by atoms with Crippen molar-refractivity contribution >= 4 is 5.57 Å². The third-order valence-electron chi connectivity index (χ3n) is 4.74. The molecule has 0 atom stereocenters.